The lowest BCUT2D eigenvalue weighted by atomic mass is 9.94. The Kier molecular flexibility index (Phi) is 6.64. The average molecular weight is 364 g/mol. The molecule has 0 bridgehead atoms. The Hall–Kier alpha value is -2.62. The van der Waals surface area contributed by atoms with Gasteiger partial charge in [0.2, 0.25) is 0 Å². The van der Waals surface area contributed by atoms with E-state index in [1.807, 2.05) is 65.7 Å². The van der Waals surface area contributed by atoms with Crippen LogP contribution in [0.15, 0.2) is 59.8 Å². The maximum absolute atomic E-state index is 12.6. The number of carbonyl (C=O) groups excluding carboxylic acids is 1. The van der Waals surface area contributed by atoms with Crippen molar-refractivity contribution in [3.05, 3.63) is 71.3 Å². The van der Waals surface area contributed by atoms with E-state index in [-0.39, 0.29) is 5.91 Å². The summed E-state index contributed by atoms with van der Waals surface area (Å²) in [7, 11) is 0. The van der Waals surface area contributed by atoms with Crippen molar-refractivity contribution in [3.8, 4) is 0 Å². The minimum atomic E-state index is 0.150. The van der Waals surface area contributed by atoms with Crippen LogP contribution in [-0.2, 0) is 18.0 Å². The second-order valence-corrected chi connectivity index (χ2v) is 7.62. The first-order chi connectivity index (χ1) is 13.1. The van der Waals surface area contributed by atoms with Gasteiger partial charge in [0.05, 0.1) is 0 Å². The van der Waals surface area contributed by atoms with E-state index in [0.29, 0.717) is 25.0 Å². The molecular formula is C23H28N2O2. The second-order valence-electron chi connectivity index (χ2n) is 7.62. The highest BCUT2D eigenvalue weighted by atomic mass is 16.6. The summed E-state index contributed by atoms with van der Waals surface area (Å²) in [4.78, 5) is 20.0. The van der Waals surface area contributed by atoms with Gasteiger partial charge >= 0.3 is 0 Å². The average Bonchev–Trinajstić information content (AvgIpc) is 2.98. The van der Waals surface area contributed by atoms with Crippen molar-refractivity contribution >= 4 is 12.1 Å². The first-order valence-electron chi connectivity index (χ1n) is 9.68. The number of nitrogens with zero attached hydrogens (tertiary/aromatic N) is 2. The first kappa shape index (κ1) is 19.2. The van der Waals surface area contributed by atoms with Crippen molar-refractivity contribution in [2.75, 3.05) is 6.54 Å². The molecule has 4 heteroatoms. The van der Waals surface area contributed by atoms with Crippen LogP contribution < -0.4 is 0 Å². The van der Waals surface area contributed by atoms with E-state index in [0.717, 1.165) is 36.1 Å². The SMILES string of the molecule is CC(C)C[C@@H](C/C=N/OCc1ccccc1)CN1Cc2ccccc2C1=O. The fraction of sp³-hybridized carbons (Fsp3) is 0.391. The van der Waals surface area contributed by atoms with Crippen LogP contribution in [0.1, 0.15) is 48.2 Å². The summed E-state index contributed by atoms with van der Waals surface area (Å²) in [6.45, 7) is 6.39. The molecule has 2 aromatic carbocycles. The number of carbonyl (C=O) groups is 1. The summed E-state index contributed by atoms with van der Waals surface area (Å²) in [5.41, 5.74) is 3.08. The lowest BCUT2D eigenvalue weighted by Crippen LogP contribution is -2.30. The van der Waals surface area contributed by atoms with Gasteiger partial charge in [-0.25, -0.2) is 0 Å². The summed E-state index contributed by atoms with van der Waals surface area (Å²) in [6, 6.07) is 17.9. The minimum Gasteiger partial charge on any atom is -0.391 e. The predicted octanol–water partition coefficient (Wildman–Crippen LogP) is 4.90. The van der Waals surface area contributed by atoms with E-state index in [1.165, 1.54) is 0 Å². The molecule has 1 amide bonds. The summed E-state index contributed by atoms with van der Waals surface area (Å²) < 4.78 is 0. The van der Waals surface area contributed by atoms with Crippen molar-refractivity contribution in [1.29, 1.82) is 0 Å². The maximum atomic E-state index is 12.6. The molecule has 0 aromatic heterocycles. The molecule has 0 aliphatic carbocycles. The number of rotatable bonds is 9. The van der Waals surface area contributed by atoms with Crippen LogP contribution >= 0.6 is 0 Å². The second kappa shape index (κ2) is 9.36. The number of hydrogen-bond acceptors (Lipinski definition) is 3. The van der Waals surface area contributed by atoms with E-state index in [2.05, 4.69) is 19.0 Å². The molecule has 1 aliphatic rings. The fourth-order valence-corrected chi connectivity index (χ4v) is 3.62. The predicted molar refractivity (Wildman–Crippen MR) is 108 cm³/mol. The van der Waals surface area contributed by atoms with Crippen LogP contribution in [0.25, 0.3) is 0 Å². The Morgan fingerprint density at radius 2 is 1.85 bits per heavy atom. The Bertz CT molecular complexity index is 771. The van der Waals surface area contributed by atoms with Gasteiger partial charge in [-0.1, -0.05) is 67.5 Å². The molecule has 0 unspecified atom stereocenters. The summed E-state index contributed by atoms with van der Waals surface area (Å²) in [5, 5.41) is 4.12. The van der Waals surface area contributed by atoms with E-state index >= 15 is 0 Å². The van der Waals surface area contributed by atoms with Gasteiger partial charge in [-0.3, -0.25) is 4.79 Å². The van der Waals surface area contributed by atoms with Crippen LogP contribution in [-0.4, -0.2) is 23.6 Å². The van der Waals surface area contributed by atoms with Crippen LogP contribution in [0.5, 0.6) is 0 Å². The third-order valence-electron chi connectivity index (χ3n) is 4.84. The Labute approximate surface area is 161 Å². The van der Waals surface area contributed by atoms with Crippen molar-refractivity contribution < 1.29 is 9.63 Å². The first-order valence-corrected chi connectivity index (χ1v) is 9.68. The zero-order chi connectivity index (χ0) is 19.1. The Morgan fingerprint density at radius 3 is 2.59 bits per heavy atom. The standard InChI is InChI=1S/C23H28N2O2/c1-18(2)14-20(12-13-24-27-17-19-8-4-3-5-9-19)15-25-16-21-10-6-7-11-22(21)23(25)26/h3-11,13,18,20H,12,14-17H2,1-2H3/b24-13+/t20-/m1/s1. The van der Waals surface area contributed by atoms with Crippen LogP contribution in [0, 0.1) is 11.8 Å². The van der Waals surface area contributed by atoms with Crippen LogP contribution in [0.4, 0.5) is 0 Å². The zero-order valence-electron chi connectivity index (χ0n) is 16.2. The highest BCUT2D eigenvalue weighted by molar-refractivity contribution is 5.98. The molecule has 0 fully saturated rings. The van der Waals surface area contributed by atoms with Crippen LogP contribution in [0.2, 0.25) is 0 Å². The number of hydrogen-bond donors (Lipinski definition) is 0. The van der Waals surface area contributed by atoms with Gasteiger partial charge in [0.1, 0.15) is 6.61 Å². The molecule has 0 saturated heterocycles. The molecule has 1 aliphatic heterocycles. The van der Waals surface area contributed by atoms with Gasteiger partial charge in [0, 0.05) is 24.9 Å². The van der Waals surface area contributed by atoms with E-state index in [4.69, 9.17) is 4.84 Å². The highest BCUT2D eigenvalue weighted by Crippen LogP contribution is 2.25. The quantitative estimate of drug-likeness (QED) is 0.469. The van der Waals surface area contributed by atoms with E-state index in [1.54, 1.807) is 0 Å². The van der Waals surface area contributed by atoms with Gasteiger partial charge in [0.15, 0.2) is 0 Å². The molecule has 2 aromatic rings. The van der Waals surface area contributed by atoms with Crippen molar-refractivity contribution in [2.45, 2.75) is 39.8 Å². The van der Waals surface area contributed by atoms with Crippen molar-refractivity contribution in [2.24, 2.45) is 17.0 Å². The molecule has 4 nitrogen and oxygen atoms in total. The van der Waals surface area contributed by atoms with Gasteiger partial charge in [-0.05, 0) is 41.9 Å². The smallest absolute Gasteiger partial charge is 0.254 e. The number of amides is 1. The normalized spacial score (nSPS) is 14.8. The lowest BCUT2D eigenvalue weighted by Gasteiger charge is -2.24. The maximum Gasteiger partial charge on any atom is 0.254 e. The molecule has 1 heterocycles. The van der Waals surface area contributed by atoms with Crippen LogP contribution in [0.3, 0.4) is 0 Å². The topological polar surface area (TPSA) is 41.9 Å². The van der Waals surface area contributed by atoms with Crippen molar-refractivity contribution in [3.63, 3.8) is 0 Å². The Morgan fingerprint density at radius 1 is 1.11 bits per heavy atom. The fourth-order valence-electron chi connectivity index (χ4n) is 3.62. The molecule has 0 radical (unpaired) electrons. The molecule has 142 valence electrons. The van der Waals surface area contributed by atoms with E-state index in [9.17, 15) is 4.79 Å². The summed E-state index contributed by atoms with van der Waals surface area (Å²) in [6.07, 6.45) is 3.72. The molecular weight excluding hydrogens is 336 g/mol. The van der Waals surface area contributed by atoms with E-state index < -0.39 is 0 Å². The van der Waals surface area contributed by atoms with Gasteiger partial charge < -0.3 is 9.74 Å². The number of oxime groups is 1. The summed E-state index contributed by atoms with van der Waals surface area (Å²) >= 11 is 0. The lowest BCUT2D eigenvalue weighted by molar-refractivity contribution is 0.0746. The third-order valence-corrected chi connectivity index (χ3v) is 4.84. The third kappa shape index (κ3) is 5.43. The van der Waals surface area contributed by atoms with Gasteiger partial charge in [0.25, 0.3) is 5.91 Å². The largest absolute Gasteiger partial charge is 0.391 e. The highest BCUT2D eigenvalue weighted by Gasteiger charge is 2.28. The number of benzene rings is 2. The molecule has 27 heavy (non-hydrogen) atoms. The molecule has 0 saturated carbocycles. The summed E-state index contributed by atoms with van der Waals surface area (Å²) in [5.74, 6) is 1.11. The zero-order valence-corrected chi connectivity index (χ0v) is 16.2. The van der Waals surface area contributed by atoms with Gasteiger partial charge in [-0.15, -0.1) is 0 Å². The molecule has 3 rings (SSSR count). The van der Waals surface area contributed by atoms with Gasteiger partial charge in [-0.2, -0.15) is 0 Å². The minimum absolute atomic E-state index is 0.150. The molecule has 1 atom stereocenters. The molecule has 0 N–H and O–H groups in total. The van der Waals surface area contributed by atoms with Crippen molar-refractivity contribution in [1.82, 2.24) is 4.90 Å². The Balaban J connectivity index is 1.52. The molecule has 0 spiro atoms. The monoisotopic (exact) mass is 364 g/mol. The number of fused-ring (bicyclic) bond motifs is 1.